The van der Waals surface area contributed by atoms with Crippen molar-refractivity contribution in [1.82, 2.24) is 9.97 Å². The van der Waals surface area contributed by atoms with Crippen LogP contribution in [0.1, 0.15) is 25.7 Å². The van der Waals surface area contributed by atoms with Gasteiger partial charge in [0, 0.05) is 6.04 Å². The second kappa shape index (κ2) is 4.32. The van der Waals surface area contributed by atoms with Crippen molar-refractivity contribution in [3.8, 4) is 0 Å². The minimum Gasteiger partial charge on any atom is -0.379 e. The average molecular weight is 232 g/mol. The van der Waals surface area contributed by atoms with E-state index >= 15 is 0 Å². The largest absolute Gasteiger partial charge is 0.379 e. The van der Waals surface area contributed by atoms with Gasteiger partial charge in [-0.2, -0.15) is 0 Å². The normalized spacial score (nSPS) is 17.3. The van der Waals surface area contributed by atoms with E-state index in [-0.39, 0.29) is 5.28 Å². The van der Waals surface area contributed by atoms with E-state index in [1.807, 2.05) is 0 Å². The number of rotatable bonds is 2. The predicted molar refractivity (Wildman–Crippen MR) is 57.9 cm³/mol. The van der Waals surface area contributed by atoms with Gasteiger partial charge in [0.15, 0.2) is 5.15 Å². The van der Waals surface area contributed by atoms with Crippen LogP contribution in [0.5, 0.6) is 0 Å². The summed E-state index contributed by atoms with van der Waals surface area (Å²) in [5.41, 5.74) is 0.781. The molecule has 0 aliphatic heterocycles. The summed E-state index contributed by atoms with van der Waals surface area (Å²) >= 11 is 11.5. The van der Waals surface area contributed by atoms with Crippen molar-refractivity contribution in [1.29, 1.82) is 0 Å². The second-order valence-electron chi connectivity index (χ2n) is 3.47. The molecule has 14 heavy (non-hydrogen) atoms. The van der Waals surface area contributed by atoms with Crippen LogP contribution in [-0.4, -0.2) is 16.0 Å². The monoisotopic (exact) mass is 231 g/mol. The number of nitrogens with zero attached hydrogens (tertiary/aromatic N) is 2. The van der Waals surface area contributed by atoms with Crippen molar-refractivity contribution in [2.24, 2.45) is 0 Å². The molecule has 5 heteroatoms. The van der Waals surface area contributed by atoms with Gasteiger partial charge in [-0.05, 0) is 24.4 Å². The summed E-state index contributed by atoms with van der Waals surface area (Å²) in [6.07, 6.45) is 6.58. The lowest BCUT2D eigenvalue weighted by Gasteiger charge is -2.13. The van der Waals surface area contributed by atoms with Crippen LogP contribution in [0.2, 0.25) is 10.4 Å². The standard InChI is InChI=1S/C9H11Cl2N3/c10-8-7(5-12-9(11)14-8)13-6-3-1-2-4-6/h5-6,13H,1-4H2. The van der Waals surface area contributed by atoms with Crippen LogP contribution in [0, 0.1) is 0 Å². The van der Waals surface area contributed by atoms with Crippen LogP contribution in [0.25, 0.3) is 0 Å². The Balaban J connectivity index is 2.08. The highest BCUT2D eigenvalue weighted by molar-refractivity contribution is 6.33. The van der Waals surface area contributed by atoms with Crippen molar-refractivity contribution >= 4 is 28.9 Å². The highest BCUT2D eigenvalue weighted by Crippen LogP contribution is 2.25. The van der Waals surface area contributed by atoms with Gasteiger partial charge in [0.1, 0.15) is 0 Å². The number of anilines is 1. The lowest BCUT2D eigenvalue weighted by atomic mass is 10.2. The lowest BCUT2D eigenvalue weighted by Crippen LogP contribution is -2.15. The summed E-state index contributed by atoms with van der Waals surface area (Å²) < 4.78 is 0. The fourth-order valence-corrected chi connectivity index (χ4v) is 2.09. The molecule has 1 aliphatic rings. The molecule has 0 radical (unpaired) electrons. The van der Waals surface area contributed by atoms with Gasteiger partial charge in [0.25, 0.3) is 0 Å². The maximum absolute atomic E-state index is 5.91. The molecule has 0 unspecified atom stereocenters. The third kappa shape index (κ3) is 2.28. The Bertz CT molecular complexity index is 324. The molecule has 0 bridgehead atoms. The summed E-state index contributed by atoms with van der Waals surface area (Å²) in [5.74, 6) is 0. The Morgan fingerprint density at radius 1 is 1.29 bits per heavy atom. The number of hydrogen-bond acceptors (Lipinski definition) is 3. The summed E-state index contributed by atoms with van der Waals surface area (Å²) in [6, 6.07) is 0.511. The van der Waals surface area contributed by atoms with E-state index < -0.39 is 0 Å². The Kier molecular flexibility index (Phi) is 3.08. The van der Waals surface area contributed by atoms with E-state index in [1.165, 1.54) is 25.7 Å². The molecule has 1 fully saturated rings. The van der Waals surface area contributed by atoms with Gasteiger partial charge in [0.05, 0.1) is 11.9 Å². The van der Waals surface area contributed by atoms with Gasteiger partial charge >= 0.3 is 0 Å². The van der Waals surface area contributed by atoms with Gasteiger partial charge in [0.2, 0.25) is 5.28 Å². The Hall–Kier alpha value is -0.540. The van der Waals surface area contributed by atoms with Gasteiger partial charge in [-0.25, -0.2) is 9.97 Å². The maximum Gasteiger partial charge on any atom is 0.223 e. The molecule has 0 saturated heterocycles. The first-order chi connectivity index (χ1) is 6.75. The van der Waals surface area contributed by atoms with Crippen LogP contribution in [0.4, 0.5) is 5.69 Å². The molecule has 0 amide bonds. The van der Waals surface area contributed by atoms with E-state index in [4.69, 9.17) is 23.2 Å². The van der Waals surface area contributed by atoms with Crippen LogP contribution >= 0.6 is 23.2 Å². The first-order valence-corrected chi connectivity index (χ1v) is 5.46. The Morgan fingerprint density at radius 3 is 2.64 bits per heavy atom. The molecule has 1 N–H and O–H groups in total. The van der Waals surface area contributed by atoms with Gasteiger partial charge in [-0.1, -0.05) is 24.4 Å². The number of halogens is 2. The van der Waals surface area contributed by atoms with Crippen LogP contribution in [-0.2, 0) is 0 Å². The van der Waals surface area contributed by atoms with E-state index in [1.54, 1.807) is 6.20 Å². The van der Waals surface area contributed by atoms with E-state index in [0.717, 1.165) is 5.69 Å². The summed E-state index contributed by atoms with van der Waals surface area (Å²) in [4.78, 5) is 7.76. The molecule has 0 atom stereocenters. The molecule has 0 aromatic carbocycles. The first-order valence-electron chi connectivity index (χ1n) is 4.70. The van der Waals surface area contributed by atoms with Crippen molar-refractivity contribution in [3.63, 3.8) is 0 Å². The van der Waals surface area contributed by atoms with E-state index in [9.17, 15) is 0 Å². The van der Waals surface area contributed by atoms with Crippen LogP contribution in [0.3, 0.4) is 0 Å². The SMILES string of the molecule is Clc1ncc(NC2CCCC2)c(Cl)n1. The fourth-order valence-electron chi connectivity index (χ4n) is 1.73. The number of hydrogen-bond donors (Lipinski definition) is 1. The smallest absolute Gasteiger partial charge is 0.223 e. The van der Waals surface area contributed by atoms with Gasteiger partial charge in [-0.3, -0.25) is 0 Å². The summed E-state index contributed by atoms with van der Waals surface area (Å²) in [6.45, 7) is 0. The number of nitrogens with one attached hydrogen (secondary N) is 1. The van der Waals surface area contributed by atoms with Crippen LogP contribution < -0.4 is 5.32 Å². The highest BCUT2D eigenvalue weighted by Gasteiger charge is 2.16. The molecule has 0 spiro atoms. The fraction of sp³-hybridized carbons (Fsp3) is 0.556. The van der Waals surface area contributed by atoms with Gasteiger partial charge < -0.3 is 5.32 Å². The molecule has 76 valence electrons. The van der Waals surface area contributed by atoms with Crippen molar-refractivity contribution in [2.45, 2.75) is 31.7 Å². The maximum atomic E-state index is 5.91. The molecule has 1 heterocycles. The predicted octanol–water partition coefficient (Wildman–Crippen LogP) is 3.14. The molecular weight excluding hydrogens is 221 g/mol. The molecule has 1 aromatic heterocycles. The highest BCUT2D eigenvalue weighted by atomic mass is 35.5. The summed E-state index contributed by atoms with van der Waals surface area (Å²) in [5, 5.41) is 3.91. The quantitative estimate of drug-likeness (QED) is 0.628. The first kappa shape index (κ1) is 9.99. The molecule has 1 aliphatic carbocycles. The molecule has 1 saturated carbocycles. The third-order valence-electron chi connectivity index (χ3n) is 2.43. The van der Waals surface area contributed by atoms with Crippen molar-refractivity contribution < 1.29 is 0 Å². The van der Waals surface area contributed by atoms with Gasteiger partial charge in [-0.15, -0.1) is 0 Å². The number of aromatic nitrogens is 2. The van der Waals surface area contributed by atoms with Crippen molar-refractivity contribution in [3.05, 3.63) is 16.6 Å². The molecule has 1 aromatic rings. The lowest BCUT2D eigenvalue weighted by molar-refractivity contribution is 0.754. The van der Waals surface area contributed by atoms with E-state index in [2.05, 4.69) is 15.3 Å². The topological polar surface area (TPSA) is 37.8 Å². The van der Waals surface area contributed by atoms with Crippen LogP contribution in [0.15, 0.2) is 6.20 Å². The molecular formula is C9H11Cl2N3. The Morgan fingerprint density at radius 2 is 2.00 bits per heavy atom. The zero-order valence-electron chi connectivity index (χ0n) is 7.63. The average Bonchev–Trinajstić information content (AvgIpc) is 2.62. The Labute approximate surface area is 92.8 Å². The summed E-state index contributed by atoms with van der Waals surface area (Å²) in [7, 11) is 0. The zero-order valence-corrected chi connectivity index (χ0v) is 9.15. The zero-order chi connectivity index (χ0) is 9.97. The third-order valence-corrected chi connectivity index (χ3v) is 2.90. The van der Waals surface area contributed by atoms with Crippen molar-refractivity contribution in [2.75, 3.05) is 5.32 Å². The minimum absolute atomic E-state index is 0.187. The minimum atomic E-state index is 0.187. The second-order valence-corrected chi connectivity index (χ2v) is 4.17. The molecule has 2 rings (SSSR count). The van der Waals surface area contributed by atoms with E-state index in [0.29, 0.717) is 11.2 Å². The molecule has 3 nitrogen and oxygen atoms in total.